The van der Waals surface area contributed by atoms with Crippen molar-refractivity contribution in [3.8, 4) is 0 Å². The maximum Gasteiger partial charge on any atom is 0.0558 e. The van der Waals surface area contributed by atoms with Crippen molar-refractivity contribution < 1.29 is 5.11 Å². The van der Waals surface area contributed by atoms with Gasteiger partial charge in [-0.2, -0.15) is 0 Å². The molecule has 0 aromatic heterocycles. The molecule has 3 nitrogen and oxygen atoms in total. The number of rotatable bonds is 7. The van der Waals surface area contributed by atoms with E-state index in [1.54, 1.807) is 0 Å². The van der Waals surface area contributed by atoms with E-state index in [-0.39, 0.29) is 5.54 Å². The number of hydrogen-bond donors (Lipinski definition) is 2. The maximum atomic E-state index is 9.38. The molecular formula is C18H36N2O. The van der Waals surface area contributed by atoms with Crippen molar-refractivity contribution in [1.82, 2.24) is 10.2 Å². The van der Waals surface area contributed by atoms with Crippen molar-refractivity contribution in [3.63, 3.8) is 0 Å². The molecule has 2 unspecified atom stereocenters. The minimum Gasteiger partial charge on any atom is -0.395 e. The van der Waals surface area contributed by atoms with Crippen LogP contribution in [0.1, 0.15) is 66.2 Å². The molecule has 0 aliphatic heterocycles. The summed E-state index contributed by atoms with van der Waals surface area (Å²) in [5.74, 6) is 0.843. The lowest BCUT2D eigenvalue weighted by Crippen LogP contribution is -2.51. The second-order valence-electron chi connectivity index (χ2n) is 8.73. The van der Waals surface area contributed by atoms with Crippen molar-refractivity contribution >= 4 is 0 Å². The number of hydrogen-bond acceptors (Lipinski definition) is 3. The van der Waals surface area contributed by atoms with Crippen LogP contribution in [-0.4, -0.2) is 47.8 Å². The fourth-order valence-corrected chi connectivity index (χ4v) is 3.97. The Hall–Kier alpha value is -0.120. The highest BCUT2D eigenvalue weighted by atomic mass is 16.3. The Morgan fingerprint density at radius 3 is 2.48 bits per heavy atom. The summed E-state index contributed by atoms with van der Waals surface area (Å²) in [6, 6.07) is 0.751. The van der Waals surface area contributed by atoms with Gasteiger partial charge in [-0.1, -0.05) is 19.8 Å². The predicted molar refractivity (Wildman–Crippen MR) is 89.5 cm³/mol. The summed E-state index contributed by atoms with van der Waals surface area (Å²) in [5, 5.41) is 13.2. The Morgan fingerprint density at radius 2 is 1.95 bits per heavy atom. The normalized spacial score (nSPS) is 30.9. The van der Waals surface area contributed by atoms with Crippen molar-refractivity contribution in [2.45, 2.75) is 77.8 Å². The van der Waals surface area contributed by atoms with E-state index in [1.165, 1.54) is 45.1 Å². The Balaban J connectivity index is 2.03. The van der Waals surface area contributed by atoms with Crippen LogP contribution < -0.4 is 5.32 Å². The Labute approximate surface area is 131 Å². The Bertz CT molecular complexity index is 322. The van der Waals surface area contributed by atoms with Gasteiger partial charge in [0.15, 0.2) is 0 Å². The van der Waals surface area contributed by atoms with Crippen molar-refractivity contribution in [3.05, 3.63) is 0 Å². The number of nitrogens with one attached hydrogen (secondary N) is 1. The molecule has 0 radical (unpaired) electrons. The summed E-state index contributed by atoms with van der Waals surface area (Å²) < 4.78 is 0. The average Bonchev–Trinajstić information content (AvgIpc) is 3.20. The Kier molecular flexibility index (Phi) is 5.72. The standard InChI is InChI=1S/C18H36N2O/c1-15-6-5-9-18(12-15,13-19-17(2,3)4)14-20(10-11-21)16-7-8-16/h15-16,19,21H,5-14H2,1-4H3. The minimum absolute atomic E-state index is 0.190. The third-order valence-corrected chi connectivity index (χ3v) is 5.17. The molecule has 21 heavy (non-hydrogen) atoms. The zero-order valence-electron chi connectivity index (χ0n) is 14.6. The van der Waals surface area contributed by atoms with E-state index in [4.69, 9.17) is 0 Å². The summed E-state index contributed by atoms with van der Waals surface area (Å²) >= 11 is 0. The van der Waals surface area contributed by atoms with Crippen molar-refractivity contribution in [2.75, 3.05) is 26.2 Å². The topological polar surface area (TPSA) is 35.5 Å². The van der Waals surface area contributed by atoms with Crippen LogP contribution >= 0.6 is 0 Å². The first-order chi connectivity index (χ1) is 9.84. The van der Waals surface area contributed by atoms with Gasteiger partial charge in [-0.25, -0.2) is 0 Å². The van der Waals surface area contributed by atoms with Gasteiger partial charge in [-0.05, 0) is 57.8 Å². The van der Waals surface area contributed by atoms with Gasteiger partial charge in [0.1, 0.15) is 0 Å². The molecule has 0 amide bonds. The van der Waals surface area contributed by atoms with Crippen LogP contribution in [0.3, 0.4) is 0 Å². The first-order valence-electron chi connectivity index (χ1n) is 8.93. The molecule has 0 bridgehead atoms. The van der Waals surface area contributed by atoms with E-state index in [9.17, 15) is 5.11 Å². The van der Waals surface area contributed by atoms with Crippen molar-refractivity contribution in [1.29, 1.82) is 0 Å². The third-order valence-electron chi connectivity index (χ3n) is 5.17. The van der Waals surface area contributed by atoms with Crippen LogP contribution in [0.5, 0.6) is 0 Å². The van der Waals surface area contributed by atoms with Crippen LogP contribution in [0.2, 0.25) is 0 Å². The van der Waals surface area contributed by atoms with Gasteiger partial charge < -0.3 is 10.4 Å². The zero-order chi connectivity index (χ0) is 15.5. The molecule has 0 saturated heterocycles. The van der Waals surface area contributed by atoms with Crippen LogP contribution in [0, 0.1) is 11.3 Å². The fourth-order valence-electron chi connectivity index (χ4n) is 3.97. The van der Waals surface area contributed by atoms with Gasteiger partial charge in [0.2, 0.25) is 0 Å². The number of nitrogens with zero attached hydrogens (tertiary/aromatic N) is 1. The van der Waals surface area contributed by atoms with Gasteiger partial charge >= 0.3 is 0 Å². The van der Waals surface area contributed by atoms with E-state index < -0.39 is 0 Å². The van der Waals surface area contributed by atoms with Crippen LogP contribution in [0.15, 0.2) is 0 Å². The van der Waals surface area contributed by atoms with Gasteiger partial charge in [-0.3, -0.25) is 4.90 Å². The molecule has 2 N–H and O–H groups in total. The van der Waals surface area contributed by atoms with Crippen molar-refractivity contribution in [2.24, 2.45) is 11.3 Å². The molecule has 2 atom stereocenters. The van der Waals surface area contributed by atoms with Gasteiger partial charge in [0, 0.05) is 31.2 Å². The molecule has 2 rings (SSSR count). The fraction of sp³-hybridized carbons (Fsp3) is 1.00. The van der Waals surface area contributed by atoms with Gasteiger partial charge in [0.05, 0.1) is 6.61 Å². The maximum absolute atomic E-state index is 9.38. The molecule has 0 heterocycles. The lowest BCUT2D eigenvalue weighted by molar-refractivity contribution is 0.0609. The summed E-state index contributed by atoms with van der Waals surface area (Å²) in [5.41, 5.74) is 0.595. The zero-order valence-corrected chi connectivity index (χ0v) is 14.6. The second kappa shape index (κ2) is 6.97. The minimum atomic E-state index is 0.190. The predicted octanol–water partition coefficient (Wildman–Crippen LogP) is 3.03. The molecule has 0 spiro atoms. The lowest BCUT2D eigenvalue weighted by atomic mass is 9.69. The SMILES string of the molecule is CC1CCCC(CNC(C)(C)C)(CN(CCO)C2CC2)C1. The first kappa shape index (κ1) is 17.2. The molecule has 124 valence electrons. The van der Waals surface area contributed by atoms with Crippen LogP contribution in [0.25, 0.3) is 0 Å². The highest BCUT2D eigenvalue weighted by molar-refractivity contribution is 4.95. The summed E-state index contributed by atoms with van der Waals surface area (Å²) in [7, 11) is 0. The molecule has 2 fully saturated rings. The Morgan fingerprint density at radius 1 is 1.24 bits per heavy atom. The molecule has 2 saturated carbocycles. The average molecular weight is 296 g/mol. The third kappa shape index (κ3) is 5.54. The van der Waals surface area contributed by atoms with E-state index in [2.05, 4.69) is 37.9 Å². The summed E-state index contributed by atoms with van der Waals surface area (Å²) in [6.07, 6.45) is 8.10. The smallest absolute Gasteiger partial charge is 0.0558 e. The number of aliphatic hydroxyl groups excluding tert-OH is 1. The van der Waals surface area contributed by atoms with Gasteiger partial charge in [-0.15, -0.1) is 0 Å². The first-order valence-corrected chi connectivity index (χ1v) is 8.93. The molecule has 2 aliphatic rings. The highest BCUT2D eigenvalue weighted by Gasteiger charge is 2.40. The lowest BCUT2D eigenvalue weighted by Gasteiger charge is -2.45. The van der Waals surface area contributed by atoms with E-state index >= 15 is 0 Å². The summed E-state index contributed by atoms with van der Waals surface area (Å²) in [6.45, 7) is 12.7. The van der Waals surface area contributed by atoms with E-state index in [0.717, 1.165) is 25.0 Å². The molecule has 0 aromatic rings. The molecular weight excluding hydrogens is 260 g/mol. The van der Waals surface area contributed by atoms with E-state index in [0.29, 0.717) is 12.0 Å². The van der Waals surface area contributed by atoms with Crippen LogP contribution in [0.4, 0.5) is 0 Å². The molecule has 0 aromatic carbocycles. The van der Waals surface area contributed by atoms with Crippen LogP contribution in [-0.2, 0) is 0 Å². The van der Waals surface area contributed by atoms with E-state index in [1.807, 2.05) is 0 Å². The largest absolute Gasteiger partial charge is 0.395 e. The number of aliphatic hydroxyl groups is 1. The second-order valence-corrected chi connectivity index (χ2v) is 8.73. The monoisotopic (exact) mass is 296 g/mol. The van der Waals surface area contributed by atoms with Gasteiger partial charge in [0.25, 0.3) is 0 Å². The summed E-state index contributed by atoms with van der Waals surface area (Å²) in [4.78, 5) is 2.57. The highest BCUT2D eigenvalue weighted by Crippen LogP contribution is 2.41. The molecule has 3 heteroatoms. The molecule has 2 aliphatic carbocycles. The quantitative estimate of drug-likeness (QED) is 0.758.